The molecule has 2 aromatic rings. The molecule has 0 saturated carbocycles. The van der Waals surface area contributed by atoms with Crippen molar-refractivity contribution >= 4 is 41.0 Å². The van der Waals surface area contributed by atoms with Crippen molar-refractivity contribution < 1.29 is 4.74 Å². The Balaban J connectivity index is 0.00000280. The highest BCUT2D eigenvalue weighted by Gasteiger charge is 2.10. The predicted octanol–water partition coefficient (Wildman–Crippen LogP) is 2.24. The monoisotopic (exact) mass is 500 g/mol. The highest BCUT2D eigenvalue weighted by atomic mass is 127. The summed E-state index contributed by atoms with van der Waals surface area (Å²) < 4.78 is 7.67. The van der Waals surface area contributed by atoms with Crippen molar-refractivity contribution in [3.8, 4) is 0 Å². The molecule has 2 N–H and O–H groups in total. The quantitative estimate of drug-likeness (QED) is 0.252. The number of nitrogens with zero attached hydrogens (tertiary/aromatic N) is 4. The average Bonchev–Trinajstić information content (AvgIpc) is 3.01. The minimum atomic E-state index is 0. The maximum atomic E-state index is 5.39. The van der Waals surface area contributed by atoms with Crippen molar-refractivity contribution in [3.05, 3.63) is 30.1 Å². The lowest BCUT2D eigenvalue weighted by Gasteiger charge is -2.26. The topological polar surface area (TPSA) is 66.7 Å². The normalized spacial score (nSPS) is 15.4. The van der Waals surface area contributed by atoms with Gasteiger partial charge in [-0.25, -0.2) is 4.98 Å². The van der Waals surface area contributed by atoms with Gasteiger partial charge in [-0.05, 0) is 32.4 Å². The zero-order valence-electron chi connectivity index (χ0n) is 17.0. The Hall–Kier alpha value is -1.39. The second-order valence-electron chi connectivity index (χ2n) is 6.79. The summed E-state index contributed by atoms with van der Waals surface area (Å²) in [6.45, 7) is 12.4. The molecule has 0 aliphatic carbocycles. The Kier molecular flexibility index (Phi) is 10.0. The molecule has 0 radical (unpaired) electrons. The summed E-state index contributed by atoms with van der Waals surface area (Å²) in [7, 11) is 0. The molecule has 1 aromatic heterocycles. The van der Waals surface area contributed by atoms with Gasteiger partial charge in [0.1, 0.15) is 5.82 Å². The summed E-state index contributed by atoms with van der Waals surface area (Å²) in [4.78, 5) is 11.8. The number of hydrogen-bond acceptors (Lipinski definition) is 4. The first kappa shape index (κ1) is 22.9. The molecule has 1 fully saturated rings. The van der Waals surface area contributed by atoms with Crippen LogP contribution in [0.3, 0.4) is 0 Å². The van der Waals surface area contributed by atoms with Gasteiger partial charge in [-0.15, -0.1) is 24.0 Å². The van der Waals surface area contributed by atoms with Gasteiger partial charge in [-0.3, -0.25) is 9.89 Å². The van der Waals surface area contributed by atoms with E-state index >= 15 is 0 Å². The molecule has 1 aliphatic rings. The number of morpholine rings is 1. The second kappa shape index (κ2) is 12.2. The fraction of sp³-hybridized carbons (Fsp3) is 0.600. The minimum absolute atomic E-state index is 0. The van der Waals surface area contributed by atoms with E-state index in [1.54, 1.807) is 0 Å². The van der Waals surface area contributed by atoms with Gasteiger partial charge in [0.25, 0.3) is 0 Å². The molecule has 1 saturated heterocycles. The molecule has 3 rings (SSSR count). The first-order valence-corrected chi connectivity index (χ1v) is 10.0. The second-order valence-corrected chi connectivity index (χ2v) is 6.79. The number of aliphatic imine (C=N–C) groups is 1. The predicted molar refractivity (Wildman–Crippen MR) is 126 cm³/mol. The molecular weight excluding hydrogens is 467 g/mol. The summed E-state index contributed by atoms with van der Waals surface area (Å²) in [5, 5.41) is 6.77. The van der Waals surface area contributed by atoms with E-state index in [-0.39, 0.29) is 24.0 Å². The van der Waals surface area contributed by atoms with Crippen molar-refractivity contribution in [2.24, 2.45) is 4.99 Å². The van der Waals surface area contributed by atoms with Gasteiger partial charge < -0.3 is 19.9 Å². The van der Waals surface area contributed by atoms with Crippen LogP contribution in [0, 0.1) is 6.92 Å². The molecule has 7 nitrogen and oxygen atoms in total. The molecule has 28 heavy (non-hydrogen) atoms. The zero-order valence-corrected chi connectivity index (χ0v) is 19.3. The lowest BCUT2D eigenvalue weighted by Crippen LogP contribution is -2.44. The van der Waals surface area contributed by atoms with Gasteiger partial charge in [0.15, 0.2) is 5.96 Å². The van der Waals surface area contributed by atoms with Crippen molar-refractivity contribution in [2.75, 3.05) is 52.5 Å². The van der Waals surface area contributed by atoms with Crippen molar-refractivity contribution in [1.82, 2.24) is 25.1 Å². The van der Waals surface area contributed by atoms with E-state index in [0.717, 1.165) is 82.7 Å². The standard InChI is InChI=1S/C20H32N6O.HI/c1-3-21-20(23-10-12-25-13-15-27-16-14-25)22-9-6-11-26-17(2)24-18-7-4-5-8-19(18)26;/h4-5,7-8H,3,6,9-16H2,1-2H3,(H2,21,22,23);1H. The lowest BCUT2D eigenvalue weighted by atomic mass is 10.3. The number of rotatable bonds is 8. The van der Waals surface area contributed by atoms with Crippen LogP contribution in [-0.4, -0.2) is 72.9 Å². The van der Waals surface area contributed by atoms with E-state index in [1.165, 1.54) is 5.52 Å². The summed E-state index contributed by atoms with van der Waals surface area (Å²) >= 11 is 0. The maximum absolute atomic E-state index is 5.39. The molecule has 0 unspecified atom stereocenters. The molecule has 0 spiro atoms. The molecule has 0 atom stereocenters. The smallest absolute Gasteiger partial charge is 0.191 e. The van der Waals surface area contributed by atoms with E-state index in [4.69, 9.17) is 9.73 Å². The van der Waals surface area contributed by atoms with Crippen LogP contribution in [0.5, 0.6) is 0 Å². The van der Waals surface area contributed by atoms with Crippen LogP contribution in [0.2, 0.25) is 0 Å². The summed E-state index contributed by atoms with van der Waals surface area (Å²) in [5.41, 5.74) is 2.27. The van der Waals surface area contributed by atoms with E-state index < -0.39 is 0 Å². The largest absolute Gasteiger partial charge is 0.379 e. The molecule has 0 bridgehead atoms. The Morgan fingerprint density at radius 2 is 1.96 bits per heavy atom. The number of para-hydroxylation sites is 2. The Labute approximate surface area is 185 Å². The van der Waals surface area contributed by atoms with Crippen molar-refractivity contribution in [2.45, 2.75) is 26.8 Å². The number of fused-ring (bicyclic) bond motifs is 1. The number of hydrogen-bond donors (Lipinski definition) is 2. The third-order valence-electron chi connectivity index (χ3n) is 4.82. The number of imidazole rings is 1. The molecule has 0 amide bonds. The lowest BCUT2D eigenvalue weighted by molar-refractivity contribution is 0.0389. The van der Waals surface area contributed by atoms with Crippen molar-refractivity contribution in [3.63, 3.8) is 0 Å². The molecule has 1 aliphatic heterocycles. The van der Waals surface area contributed by atoms with Gasteiger partial charge in [-0.2, -0.15) is 0 Å². The summed E-state index contributed by atoms with van der Waals surface area (Å²) in [6.07, 6.45) is 0.987. The van der Waals surface area contributed by atoms with Gasteiger partial charge >= 0.3 is 0 Å². The SMILES string of the molecule is CCNC(=NCCCn1c(C)nc2ccccc21)NCCN1CCOCC1.I. The molecule has 156 valence electrons. The third-order valence-corrected chi connectivity index (χ3v) is 4.82. The van der Waals surface area contributed by atoms with E-state index in [2.05, 4.69) is 57.1 Å². The van der Waals surface area contributed by atoms with Gasteiger partial charge in [0.05, 0.1) is 24.2 Å². The van der Waals surface area contributed by atoms with E-state index in [9.17, 15) is 0 Å². The van der Waals surface area contributed by atoms with E-state index in [1.807, 2.05) is 6.07 Å². The number of benzene rings is 1. The van der Waals surface area contributed by atoms with Crippen LogP contribution < -0.4 is 10.6 Å². The Morgan fingerprint density at radius 3 is 2.75 bits per heavy atom. The first-order chi connectivity index (χ1) is 13.3. The maximum Gasteiger partial charge on any atom is 0.191 e. The number of halogens is 1. The highest BCUT2D eigenvalue weighted by Crippen LogP contribution is 2.15. The first-order valence-electron chi connectivity index (χ1n) is 10.0. The molecule has 1 aromatic carbocycles. The van der Waals surface area contributed by atoms with Crippen LogP contribution in [0.4, 0.5) is 0 Å². The highest BCUT2D eigenvalue weighted by molar-refractivity contribution is 14.0. The fourth-order valence-corrected chi connectivity index (χ4v) is 3.40. The number of nitrogens with one attached hydrogen (secondary N) is 2. The minimum Gasteiger partial charge on any atom is -0.379 e. The van der Waals surface area contributed by atoms with Crippen LogP contribution in [0.1, 0.15) is 19.2 Å². The average molecular weight is 500 g/mol. The molecule has 2 heterocycles. The van der Waals surface area contributed by atoms with Crippen LogP contribution in [-0.2, 0) is 11.3 Å². The zero-order chi connectivity index (χ0) is 18.9. The Bertz CT molecular complexity index is 741. The van der Waals surface area contributed by atoms with E-state index in [0.29, 0.717) is 0 Å². The number of aromatic nitrogens is 2. The number of guanidine groups is 1. The summed E-state index contributed by atoms with van der Waals surface area (Å²) in [5.74, 6) is 1.97. The summed E-state index contributed by atoms with van der Waals surface area (Å²) in [6, 6.07) is 8.31. The van der Waals surface area contributed by atoms with Crippen molar-refractivity contribution in [1.29, 1.82) is 0 Å². The van der Waals surface area contributed by atoms with Crippen LogP contribution >= 0.6 is 24.0 Å². The fourth-order valence-electron chi connectivity index (χ4n) is 3.40. The van der Waals surface area contributed by atoms with Gasteiger partial charge in [-0.1, -0.05) is 12.1 Å². The van der Waals surface area contributed by atoms with Gasteiger partial charge in [0.2, 0.25) is 0 Å². The van der Waals surface area contributed by atoms with Gasteiger partial charge in [0, 0.05) is 45.8 Å². The van der Waals surface area contributed by atoms with Crippen LogP contribution in [0.25, 0.3) is 11.0 Å². The third kappa shape index (κ3) is 6.59. The molecule has 8 heteroatoms. The molecular formula is C20H33IN6O. The van der Waals surface area contributed by atoms with Crippen LogP contribution in [0.15, 0.2) is 29.3 Å². The Morgan fingerprint density at radius 1 is 1.18 bits per heavy atom. The number of aryl methyl sites for hydroxylation is 2. The number of ether oxygens (including phenoxy) is 1.